The summed E-state index contributed by atoms with van der Waals surface area (Å²) in [7, 11) is -4.26. The number of rotatable bonds is 12. The highest BCUT2D eigenvalue weighted by molar-refractivity contribution is 7.92. The average molecular weight is 582 g/mol. The van der Waals surface area contributed by atoms with Gasteiger partial charge in [0, 0.05) is 12.6 Å². The standard InChI is InChI=1S/C31H36FN3O5S/c1-3-40-28-17-19-29(20-18-28)41(38,39)35(27-15-13-25(32)14-16-27)22-30(36)34(21-24-9-5-4-6-10-24)23(2)31(37)33-26-11-7-8-12-26/h4-6,9-10,13-20,23,26H,3,7-8,11-12,21-22H2,1-2H3,(H,33,37)/t23-/m0/s1. The van der Waals surface area contributed by atoms with Gasteiger partial charge in [0.2, 0.25) is 11.8 Å². The molecule has 2 amide bonds. The first kappa shape index (κ1) is 30.0. The monoisotopic (exact) mass is 581 g/mol. The molecule has 3 aromatic rings. The predicted molar refractivity (Wildman–Crippen MR) is 155 cm³/mol. The molecule has 0 radical (unpaired) electrons. The summed E-state index contributed by atoms with van der Waals surface area (Å²) in [6, 6.07) is 19.2. The van der Waals surface area contributed by atoms with E-state index in [1.165, 1.54) is 41.3 Å². The lowest BCUT2D eigenvalue weighted by molar-refractivity contribution is -0.139. The molecule has 41 heavy (non-hydrogen) atoms. The quantitative estimate of drug-likeness (QED) is 0.329. The molecule has 0 spiro atoms. The van der Waals surface area contributed by atoms with Crippen molar-refractivity contribution in [2.24, 2.45) is 0 Å². The van der Waals surface area contributed by atoms with Crippen molar-refractivity contribution < 1.29 is 27.1 Å². The maximum atomic E-state index is 13.9. The van der Waals surface area contributed by atoms with Gasteiger partial charge in [-0.15, -0.1) is 0 Å². The Balaban J connectivity index is 1.66. The number of carbonyl (C=O) groups excluding carboxylic acids is 2. The smallest absolute Gasteiger partial charge is 0.264 e. The van der Waals surface area contributed by atoms with Gasteiger partial charge < -0.3 is 15.0 Å². The normalized spacial score (nSPS) is 14.3. The Morgan fingerprint density at radius 3 is 2.22 bits per heavy atom. The Morgan fingerprint density at radius 2 is 1.61 bits per heavy atom. The van der Waals surface area contributed by atoms with Crippen molar-refractivity contribution in [1.82, 2.24) is 10.2 Å². The number of amides is 2. The van der Waals surface area contributed by atoms with Crippen LogP contribution in [0.5, 0.6) is 5.75 Å². The number of sulfonamides is 1. The van der Waals surface area contributed by atoms with Gasteiger partial charge in [0.05, 0.1) is 17.2 Å². The lowest BCUT2D eigenvalue weighted by atomic mass is 10.1. The molecule has 4 rings (SSSR count). The zero-order valence-corrected chi connectivity index (χ0v) is 24.1. The van der Waals surface area contributed by atoms with Gasteiger partial charge in [-0.2, -0.15) is 0 Å². The molecule has 3 aromatic carbocycles. The summed E-state index contributed by atoms with van der Waals surface area (Å²) in [6.07, 6.45) is 3.87. The number of hydrogen-bond acceptors (Lipinski definition) is 5. The van der Waals surface area contributed by atoms with Crippen LogP contribution in [-0.4, -0.2) is 50.4 Å². The zero-order chi connectivity index (χ0) is 29.4. The second kappa shape index (κ2) is 13.6. The minimum atomic E-state index is -4.26. The third-order valence-electron chi connectivity index (χ3n) is 7.18. The van der Waals surface area contributed by atoms with Crippen molar-refractivity contribution in [3.05, 3.63) is 90.2 Å². The van der Waals surface area contributed by atoms with Crippen LogP contribution in [0.1, 0.15) is 45.1 Å². The SMILES string of the molecule is CCOc1ccc(S(=O)(=O)N(CC(=O)N(Cc2ccccc2)[C@@H](C)C(=O)NC2CCCC2)c2ccc(F)cc2)cc1. The summed E-state index contributed by atoms with van der Waals surface area (Å²) in [5.41, 5.74) is 0.917. The van der Waals surface area contributed by atoms with Crippen molar-refractivity contribution in [2.75, 3.05) is 17.5 Å². The molecular formula is C31H36FN3O5S. The number of nitrogens with one attached hydrogen (secondary N) is 1. The van der Waals surface area contributed by atoms with Crippen molar-refractivity contribution >= 4 is 27.5 Å². The fourth-order valence-electron chi connectivity index (χ4n) is 4.89. The summed E-state index contributed by atoms with van der Waals surface area (Å²) in [5.74, 6) is -0.890. The molecule has 8 nitrogen and oxygen atoms in total. The van der Waals surface area contributed by atoms with Gasteiger partial charge in [0.25, 0.3) is 10.0 Å². The van der Waals surface area contributed by atoms with Crippen LogP contribution in [0.2, 0.25) is 0 Å². The molecule has 0 aliphatic heterocycles. The third-order valence-corrected chi connectivity index (χ3v) is 8.97. The van der Waals surface area contributed by atoms with Crippen molar-refractivity contribution in [1.29, 1.82) is 0 Å². The van der Waals surface area contributed by atoms with Gasteiger partial charge in [0.1, 0.15) is 24.2 Å². The highest BCUT2D eigenvalue weighted by Gasteiger charge is 2.33. The van der Waals surface area contributed by atoms with Crippen molar-refractivity contribution in [3.8, 4) is 5.75 Å². The molecular weight excluding hydrogens is 545 g/mol. The summed E-state index contributed by atoms with van der Waals surface area (Å²) in [6.45, 7) is 3.41. The van der Waals surface area contributed by atoms with E-state index in [1.54, 1.807) is 6.92 Å². The van der Waals surface area contributed by atoms with E-state index >= 15 is 0 Å². The molecule has 10 heteroatoms. The topological polar surface area (TPSA) is 96.0 Å². The Bertz CT molecular complexity index is 1410. The third kappa shape index (κ3) is 7.64. The van der Waals surface area contributed by atoms with Crippen LogP contribution in [0.4, 0.5) is 10.1 Å². The zero-order valence-electron chi connectivity index (χ0n) is 23.3. The van der Waals surface area contributed by atoms with Gasteiger partial charge in [-0.3, -0.25) is 13.9 Å². The van der Waals surface area contributed by atoms with Gasteiger partial charge in [0.15, 0.2) is 0 Å². The number of halogens is 1. The minimum Gasteiger partial charge on any atom is -0.494 e. The first-order chi connectivity index (χ1) is 19.7. The van der Waals surface area contributed by atoms with Crippen LogP contribution in [-0.2, 0) is 26.2 Å². The Kier molecular flexibility index (Phi) is 9.99. The van der Waals surface area contributed by atoms with Gasteiger partial charge in [-0.1, -0.05) is 43.2 Å². The van der Waals surface area contributed by atoms with E-state index in [4.69, 9.17) is 4.74 Å². The first-order valence-corrected chi connectivity index (χ1v) is 15.3. The number of ether oxygens (including phenoxy) is 1. The molecule has 0 saturated heterocycles. The lowest BCUT2D eigenvalue weighted by Gasteiger charge is -2.32. The highest BCUT2D eigenvalue weighted by atomic mass is 32.2. The molecule has 0 unspecified atom stereocenters. The van der Waals surface area contributed by atoms with Crippen LogP contribution >= 0.6 is 0 Å². The maximum absolute atomic E-state index is 13.9. The van der Waals surface area contributed by atoms with Crippen molar-refractivity contribution in [3.63, 3.8) is 0 Å². The van der Waals surface area contributed by atoms with Crippen LogP contribution in [0.25, 0.3) is 0 Å². The van der Waals surface area contributed by atoms with E-state index in [-0.39, 0.29) is 29.1 Å². The largest absolute Gasteiger partial charge is 0.494 e. The number of carbonyl (C=O) groups is 2. The first-order valence-electron chi connectivity index (χ1n) is 13.8. The molecule has 1 saturated carbocycles. The number of benzene rings is 3. The van der Waals surface area contributed by atoms with E-state index in [1.807, 2.05) is 37.3 Å². The fraction of sp³-hybridized carbons (Fsp3) is 0.355. The molecule has 1 atom stereocenters. The lowest BCUT2D eigenvalue weighted by Crippen LogP contribution is -2.52. The Morgan fingerprint density at radius 1 is 0.976 bits per heavy atom. The molecule has 0 bridgehead atoms. The van der Waals surface area contributed by atoms with E-state index in [9.17, 15) is 22.4 Å². The van der Waals surface area contributed by atoms with Crippen LogP contribution < -0.4 is 14.4 Å². The highest BCUT2D eigenvalue weighted by Crippen LogP contribution is 2.26. The summed E-state index contributed by atoms with van der Waals surface area (Å²) < 4.78 is 47.9. The average Bonchev–Trinajstić information content (AvgIpc) is 3.49. The van der Waals surface area contributed by atoms with Crippen LogP contribution in [0.15, 0.2) is 83.8 Å². The maximum Gasteiger partial charge on any atom is 0.264 e. The summed E-state index contributed by atoms with van der Waals surface area (Å²) in [5, 5.41) is 3.04. The van der Waals surface area contributed by atoms with E-state index in [0.29, 0.717) is 12.4 Å². The van der Waals surface area contributed by atoms with E-state index in [2.05, 4.69) is 5.32 Å². The van der Waals surface area contributed by atoms with Gasteiger partial charge in [-0.05, 0) is 80.8 Å². The molecule has 1 N–H and O–H groups in total. The summed E-state index contributed by atoms with van der Waals surface area (Å²) in [4.78, 5) is 28.5. The van der Waals surface area contributed by atoms with E-state index in [0.717, 1.165) is 47.7 Å². The Labute approximate surface area is 241 Å². The van der Waals surface area contributed by atoms with Gasteiger partial charge >= 0.3 is 0 Å². The number of anilines is 1. The molecule has 1 aliphatic rings. The molecule has 1 aliphatic carbocycles. The Hall–Kier alpha value is -3.92. The number of hydrogen-bond donors (Lipinski definition) is 1. The van der Waals surface area contributed by atoms with E-state index < -0.39 is 34.3 Å². The predicted octanol–water partition coefficient (Wildman–Crippen LogP) is 4.90. The molecule has 1 fully saturated rings. The summed E-state index contributed by atoms with van der Waals surface area (Å²) >= 11 is 0. The molecule has 0 heterocycles. The minimum absolute atomic E-state index is 0.0558. The fourth-order valence-corrected chi connectivity index (χ4v) is 6.31. The van der Waals surface area contributed by atoms with Crippen molar-refractivity contribution in [2.45, 2.75) is 63.1 Å². The van der Waals surface area contributed by atoms with Crippen LogP contribution in [0.3, 0.4) is 0 Å². The van der Waals surface area contributed by atoms with Crippen LogP contribution in [0, 0.1) is 5.82 Å². The second-order valence-electron chi connectivity index (χ2n) is 10.1. The molecule has 0 aromatic heterocycles. The van der Waals surface area contributed by atoms with Gasteiger partial charge in [-0.25, -0.2) is 12.8 Å². The number of nitrogens with zero attached hydrogens (tertiary/aromatic N) is 2. The molecule has 218 valence electrons. The second-order valence-corrected chi connectivity index (χ2v) is 11.9.